The Hall–Kier alpha value is -1.55. The Morgan fingerprint density at radius 1 is 1.53 bits per heavy atom. The highest BCUT2D eigenvalue weighted by Crippen LogP contribution is 2.31. The fourth-order valence-electron chi connectivity index (χ4n) is 2.78. The quantitative estimate of drug-likeness (QED) is 0.869. The highest BCUT2D eigenvalue weighted by atomic mass is 16.5. The fourth-order valence-corrected chi connectivity index (χ4v) is 2.78. The molecule has 0 radical (unpaired) electrons. The predicted octanol–water partition coefficient (Wildman–Crippen LogP) is 1.76. The maximum absolute atomic E-state index is 11.7. The van der Waals surface area contributed by atoms with E-state index in [1.165, 1.54) is 5.56 Å². The molecule has 1 aromatic rings. The molecule has 1 aliphatic carbocycles. The van der Waals surface area contributed by atoms with E-state index >= 15 is 0 Å². The third-order valence-electron chi connectivity index (χ3n) is 3.95. The van der Waals surface area contributed by atoms with Gasteiger partial charge in [0.2, 0.25) is 5.91 Å². The molecule has 0 bridgehead atoms. The number of ether oxygens (including phenoxy) is 1. The van der Waals surface area contributed by atoms with Crippen molar-refractivity contribution in [3.05, 3.63) is 29.8 Å². The first kappa shape index (κ1) is 13.9. The van der Waals surface area contributed by atoms with Gasteiger partial charge in [0.25, 0.3) is 0 Å². The van der Waals surface area contributed by atoms with Gasteiger partial charge in [0.05, 0.1) is 0 Å². The number of primary amides is 1. The van der Waals surface area contributed by atoms with Gasteiger partial charge in [0, 0.05) is 6.42 Å². The SMILES string of the molecule is CNC1(C(N)=O)CCCC(Oc2cccc(C)c2)C1. The number of likely N-dealkylation sites (N-methyl/N-ethyl adjacent to an activating group) is 1. The minimum Gasteiger partial charge on any atom is -0.490 e. The minimum absolute atomic E-state index is 0.0375. The molecule has 19 heavy (non-hydrogen) atoms. The fraction of sp³-hybridized carbons (Fsp3) is 0.533. The summed E-state index contributed by atoms with van der Waals surface area (Å²) < 4.78 is 6.00. The van der Waals surface area contributed by atoms with E-state index in [0.29, 0.717) is 6.42 Å². The van der Waals surface area contributed by atoms with Crippen molar-refractivity contribution in [1.29, 1.82) is 0 Å². The lowest BCUT2D eigenvalue weighted by Gasteiger charge is -2.38. The average molecular weight is 262 g/mol. The number of hydrogen-bond donors (Lipinski definition) is 2. The van der Waals surface area contributed by atoms with Gasteiger partial charge in [-0.3, -0.25) is 4.79 Å². The van der Waals surface area contributed by atoms with Crippen molar-refractivity contribution >= 4 is 5.91 Å². The van der Waals surface area contributed by atoms with Gasteiger partial charge in [-0.15, -0.1) is 0 Å². The van der Waals surface area contributed by atoms with Crippen LogP contribution in [0, 0.1) is 6.92 Å². The van der Waals surface area contributed by atoms with Gasteiger partial charge in [0.15, 0.2) is 0 Å². The Bertz CT molecular complexity index is 461. The summed E-state index contributed by atoms with van der Waals surface area (Å²) in [5.41, 5.74) is 6.09. The van der Waals surface area contributed by atoms with Crippen molar-refractivity contribution in [2.24, 2.45) is 5.73 Å². The number of benzene rings is 1. The second-order valence-electron chi connectivity index (χ2n) is 5.35. The van der Waals surface area contributed by atoms with E-state index < -0.39 is 5.54 Å². The number of hydrogen-bond acceptors (Lipinski definition) is 3. The zero-order chi connectivity index (χ0) is 13.9. The number of aryl methyl sites for hydroxylation is 1. The Morgan fingerprint density at radius 2 is 2.32 bits per heavy atom. The molecule has 1 fully saturated rings. The number of nitrogens with two attached hydrogens (primary N) is 1. The van der Waals surface area contributed by atoms with Gasteiger partial charge >= 0.3 is 0 Å². The maximum atomic E-state index is 11.7. The van der Waals surface area contributed by atoms with E-state index in [1.807, 2.05) is 31.2 Å². The molecule has 0 saturated heterocycles. The third kappa shape index (κ3) is 3.07. The highest BCUT2D eigenvalue weighted by molar-refractivity contribution is 5.84. The molecule has 0 spiro atoms. The summed E-state index contributed by atoms with van der Waals surface area (Å²) in [7, 11) is 1.79. The summed E-state index contributed by atoms with van der Waals surface area (Å²) in [6, 6.07) is 7.98. The van der Waals surface area contributed by atoms with Crippen molar-refractivity contribution in [2.45, 2.75) is 44.2 Å². The van der Waals surface area contributed by atoms with Gasteiger partial charge in [-0.25, -0.2) is 0 Å². The summed E-state index contributed by atoms with van der Waals surface area (Å²) in [6.07, 6.45) is 3.36. The largest absolute Gasteiger partial charge is 0.490 e. The average Bonchev–Trinajstić information content (AvgIpc) is 2.38. The molecule has 1 aliphatic rings. The molecular formula is C15H22N2O2. The van der Waals surface area contributed by atoms with Crippen LogP contribution >= 0.6 is 0 Å². The van der Waals surface area contributed by atoms with Crippen molar-refractivity contribution in [3.63, 3.8) is 0 Å². The molecule has 4 heteroatoms. The zero-order valence-corrected chi connectivity index (χ0v) is 11.6. The highest BCUT2D eigenvalue weighted by Gasteiger charge is 2.40. The van der Waals surface area contributed by atoms with E-state index in [4.69, 9.17) is 10.5 Å². The Balaban J connectivity index is 2.07. The van der Waals surface area contributed by atoms with Gasteiger partial charge < -0.3 is 15.8 Å². The van der Waals surface area contributed by atoms with Gasteiger partial charge in [-0.2, -0.15) is 0 Å². The molecule has 4 nitrogen and oxygen atoms in total. The van der Waals surface area contributed by atoms with E-state index in [9.17, 15) is 4.79 Å². The van der Waals surface area contributed by atoms with Crippen LogP contribution in [0.1, 0.15) is 31.2 Å². The molecule has 0 aliphatic heterocycles. The summed E-state index contributed by atoms with van der Waals surface area (Å²) in [5.74, 6) is 0.578. The third-order valence-corrected chi connectivity index (χ3v) is 3.95. The van der Waals surface area contributed by atoms with Crippen LogP contribution in [-0.2, 0) is 4.79 Å². The summed E-state index contributed by atoms with van der Waals surface area (Å²) in [6.45, 7) is 2.04. The number of amides is 1. The number of nitrogens with one attached hydrogen (secondary N) is 1. The van der Waals surface area contributed by atoms with Crippen LogP contribution in [0.15, 0.2) is 24.3 Å². The zero-order valence-electron chi connectivity index (χ0n) is 11.6. The van der Waals surface area contributed by atoms with Crippen LogP contribution in [0.5, 0.6) is 5.75 Å². The summed E-state index contributed by atoms with van der Waals surface area (Å²) >= 11 is 0. The van der Waals surface area contributed by atoms with Crippen LogP contribution < -0.4 is 15.8 Å². The minimum atomic E-state index is -0.618. The van der Waals surface area contributed by atoms with Crippen molar-refractivity contribution < 1.29 is 9.53 Å². The first-order valence-corrected chi connectivity index (χ1v) is 6.78. The Labute approximate surface area is 114 Å². The van der Waals surface area contributed by atoms with E-state index in [2.05, 4.69) is 5.32 Å². The molecule has 2 unspecified atom stereocenters. The topological polar surface area (TPSA) is 64.3 Å². The molecule has 0 aromatic heterocycles. The maximum Gasteiger partial charge on any atom is 0.237 e. The lowest BCUT2D eigenvalue weighted by Crippen LogP contribution is -2.58. The number of rotatable bonds is 4. The van der Waals surface area contributed by atoms with E-state index in [-0.39, 0.29) is 12.0 Å². The molecule has 1 amide bonds. The van der Waals surface area contributed by atoms with Gasteiger partial charge in [-0.05, 0) is 50.9 Å². The molecular weight excluding hydrogens is 240 g/mol. The van der Waals surface area contributed by atoms with Gasteiger partial charge in [0.1, 0.15) is 17.4 Å². The smallest absolute Gasteiger partial charge is 0.237 e. The summed E-state index contributed by atoms with van der Waals surface area (Å²) in [5, 5.41) is 3.09. The second-order valence-corrected chi connectivity index (χ2v) is 5.35. The first-order chi connectivity index (χ1) is 9.05. The Morgan fingerprint density at radius 3 is 2.95 bits per heavy atom. The molecule has 3 N–H and O–H groups in total. The molecule has 2 rings (SSSR count). The summed E-state index contributed by atoms with van der Waals surface area (Å²) in [4.78, 5) is 11.7. The van der Waals surface area contributed by atoms with E-state index in [1.54, 1.807) is 7.05 Å². The van der Waals surface area contributed by atoms with Crippen molar-refractivity contribution in [2.75, 3.05) is 7.05 Å². The van der Waals surface area contributed by atoms with Crippen molar-refractivity contribution in [1.82, 2.24) is 5.32 Å². The number of carbonyl (C=O) groups is 1. The number of carbonyl (C=O) groups excluding carboxylic acids is 1. The molecule has 2 atom stereocenters. The molecule has 1 saturated carbocycles. The lowest BCUT2D eigenvalue weighted by molar-refractivity contribution is -0.126. The monoisotopic (exact) mass is 262 g/mol. The van der Waals surface area contributed by atoms with Crippen molar-refractivity contribution in [3.8, 4) is 5.75 Å². The van der Waals surface area contributed by atoms with Gasteiger partial charge in [-0.1, -0.05) is 12.1 Å². The van der Waals surface area contributed by atoms with Crippen LogP contribution in [-0.4, -0.2) is 24.6 Å². The second kappa shape index (κ2) is 5.61. The standard InChI is InChI=1S/C15H22N2O2/c1-11-5-3-6-12(9-11)19-13-7-4-8-15(10-13,17-2)14(16)18/h3,5-6,9,13,17H,4,7-8,10H2,1-2H3,(H2,16,18). The predicted molar refractivity (Wildman–Crippen MR) is 75.0 cm³/mol. The van der Waals surface area contributed by atoms with Crippen LogP contribution in [0.3, 0.4) is 0 Å². The first-order valence-electron chi connectivity index (χ1n) is 6.78. The lowest BCUT2D eigenvalue weighted by atomic mass is 9.79. The van der Waals surface area contributed by atoms with Crippen LogP contribution in [0.4, 0.5) is 0 Å². The van der Waals surface area contributed by atoms with E-state index in [0.717, 1.165) is 25.0 Å². The normalized spacial score (nSPS) is 26.9. The van der Waals surface area contributed by atoms with Crippen LogP contribution in [0.25, 0.3) is 0 Å². The molecule has 104 valence electrons. The molecule has 1 aromatic carbocycles. The Kier molecular flexibility index (Phi) is 4.10. The van der Waals surface area contributed by atoms with Crippen LogP contribution in [0.2, 0.25) is 0 Å². The molecule has 0 heterocycles.